The molecule has 0 aromatic carbocycles. The van der Waals surface area contributed by atoms with Crippen LogP contribution in [0.5, 0.6) is 0 Å². The average molecular weight is 933 g/mol. The molecule has 0 bridgehead atoms. The normalized spacial score (nSPS) is 12.7. The van der Waals surface area contributed by atoms with Crippen LogP contribution >= 0.6 is 0 Å². The van der Waals surface area contributed by atoms with Gasteiger partial charge in [0.15, 0.2) is 6.10 Å². The molecule has 0 spiro atoms. The Morgan fingerprint density at radius 3 is 0.970 bits per heavy atom. The fourth-order valence-corrected chi connectivity index (χ4v) is 7.62. The molecule has 0 aliphatic heterocycles. The molecule has 0 saturated heterocycles. The topological polar surface area (TPSA) is 78.9 Å². The van der Waals surface area contributed by atoms with E-state index in [1.165, 1.54) is 109 Å². The minimum Gasteiger partial charge on any atom is -0.462 e. The van der Waals surface area contributed by atoms with E-state index >= 15 is 0 Å². The summed E-state index contributed by atoms with van der Waals surface area (Å²) in [5.41, 5.74) is 0. The lowest BCUT2D eigenvalue weighted by molar-refractivity contribution is -0.167. The molecule has 0 aliphatic rings. The zero-order valence-corrected chi connectivity index (χ0v) is 43.9. The second kappa shape index (κ2) is 55.2. The first-order valence-corrected chi connectivity index (χ1v) is 28.1. The lowest BCUT2D eigenvalue weighted by atomic mass is 10.1. The second-order valence-electron chi connectivity index (χ2n) is 18.5. The third-order valence-corrected chi connectivity index (χ3v) is 11.9. The molecule has 6 heteroatoms. The van der Waals surface area contributed by atoms with Gasteiger partial charge < -0.3 is 14.2 Å². The van der Waals surface area contributed by atoms with Gasteiger partial charge in [0.05, 0.1) is 0 Å². The molecule has 0 heterocycles. The highest BCUT2D eigenvalue weighted by atomic mass is 16.6. The summed E-state index contributed by atoms with van der Waals surface area (Å²) in [5.74, 6) is -0.911. The number of rotatable bonds is 50. The lowest BCUT2D eigenvalue weighted by Gasteiger charge is -2.18. The van der Waals surface area contributed by atoms with Crippen LogP contribution in [0.3, 0.4) is 0 Å². The van der Waals surface area contributed by atoms with Crippen LogP contribution in [0.4, 0.5) is 0 Å². The van der Waals surface area contributed by atoms with Crippen LogP contribution in [-0.2, 0) is 28.6 Å². The number of hydrogen-bond donors (Lipinski definition) is 0. The Balaban J connectivity index is 4.33. The van der Waals surface area contributed by atoms with Crippen molar-refractivity contribution in [3.05, 3.63) is 85.1 Å². The molecule has 0 N–H and O–H groups in total. The van der Waals surface area contributed by atoms with E-state index in [0.29, 0.717) is 19.3 Å². The Morgan fingerprint density at radius 1 is 0.313 bits per heavy atom. The van der Waals surface area contributed by atoms with Gasteiger partial charge >= 0.3 is 17.9 Å². The van der Waals surface area contributed by atoms with Gasteiger partial charge in [-0.25, -0.2) is 0 Å². The average Bonchev–Trinajstić information content (AvgIpc) is 3.33. The summed E-state index contributed by atoms with van der Waals surface area (Å²) < 4.78 is 16.8. The summed E-state index contributed by atoms with van der Waals surface area (Å²) in [6.45, 7) is 6.45. The largest absolute Gasteiger partial charge is 0.462 e. The first kappa shape index (κ1) is 63.6. The highest BCUT2D eigenvalue weighted by molar-refractivity contribution is 5.71. The Morgan fingerprint density at radius 2 is 0.597 bits per heavy atom. The van der Waals surface area contributed by atoms with Crippen molar-refractivity contribution >= 4 is 17.9 Å². The molecule has 384 valence electrons. The summed E-state index contributed by atoms with van der Waals surface area (Å²) in [5, 5.41) is 0. The quantitative estimate of drug-likeness (QED) is 0.0262. The SMILES string of the molecule is CC/C=C\C/C=C\C/C=C\C/C=C\CCCCCCCCCCCCC(=O)OCC(COC(=O)CCCCCCC/C=C\CCCCC)OC(=O)CCCCCCC/C=C\C/C=C\CCCC. The van der Waals surface area contributed by atoms with Crippen LogP contribution in [0.2, 0.25) is 0 Å². The number of ether oxygens (including phenoxy) is 3. The highest BCUT2D eigenvalue weighted by Crippen LogP contribution is 2.15. The van der Waals surface area contributed by atoms with E-state index < -0.39 is 6.10 Å². The van der Waals surface area contributed by atoms with Crippen molar-refractivity contribution in [3.63, 3.8) is 0 Å². The van der Waals surface area contributed by atoms with Crippen LogP contribution in [0.25, 0.3) is 0 Å². The minimum atomic E-state index is -0.788. The first-order valence-electron chi connectivity index (χ1n) is 28.1. The van der Waals surface area contributed by atoms with Crippen molar-refractivity contribution < 1.29 is 28.6 Å². The summed E-state index contributed by atoms with van der Waals surface area (Å²) in [4.78, 5) is 38.1. The number of esters is 3. The number of unbranched alkanes of at least 4 members (excludes halogenated alkanes) is 25. The summed E-state index contributed by atoms with van der Waals surface area (Å²) in [7, 11) is 0. The Kier molecular flexibility index (Phi) is 52.4. The maximum Gasteiger partial charge on any atom is 0.306 e. The fourth-order valence-electron chi connectivity index (χ4n) is 7.62. The van der Waals surface area contributed by atoms with Gasteiger partial charge in [-0.2, -0.15) is 0 Å². The van der Waals surface area contributed by atoms with Crippen molar-refractivity contribution in [3.8, 4) is 0 Å². The van der Waals surface area contributed by atoms with E-state index in [9.17, 15) is 14.4 Å². The summed E-state index contributed by atoms with van der Waals surface area (Å²) >= 11 is 0. The van der Waals surface area contributed by atoms with E-state index in [-0.39, 0.29) is 31.1 Å². The van der Waals surface area contributed by atoms with E-state index in [1.807, 2.05) is 0 Å². The van der Waals surface area contributed by atoms with Gasteiger partial charge in [-0.05, 0) is 109 Å². The number of allylic oxidation sites excluding steroid dienone is 14. The van der Waals surface area contributed by atoms with Crippen LogP contribution in [0.15, 0.2) is 85.1 Å². The Bertz CT molecular complexity index is 1300. The van der Waals surface area contributed by atoms with E-state index in [2.05, 4.69) is 106 Å². The number of carbonyl (C=O) groups excluding carboxylic acids is 3. The molecule has 1 unspecified atom stereocenters. The van der Waals surface area contributed by atoms with Crippen LogP contribution in [0, 0.1) is 0 Å². The van der Waals surface area contributed by atoms with Crippen molar-refractivity contribution in [1.82, 2.24) is 0 Å². The van der Waals surface area contributed by atoms with Crippen LogP contribution in [0.1, 0.15) is 265 Å². The molecular weight excluding hydrogens is 829 g/mol. The van der Waals surface area contributed by atoms with Gasteiger partial charge in [-0.15, -0.1) is 0 Å². The third-order valence-electron chi connectivity index (χ3n) is 11.9. The smallest absolute Gasteiger partial charge is 0.306 e. The number of carbonyl (C=O) groups is 3. The van der Waals surface area contributed by atoms with Gasteiger partial charge in [-0.3, -0.25) is 14.4 Å². The second-order valence-corrected chi connectivity index (χ2v) is 18.5. The zero-order valence-electron chi connectivity index (χ0n) is 43.9. The van der Waals surface area contributed by atoms with Crippen molar-refractivity contribution in [2.45, 2.75) is 271 Å². The molecule has 0 fully saturated rings. The predicted octanol–water partition coefficient (Wildman–Crippen LogP) is 18.8. The monoisotopic (exact) mass is 933 g/mol. The van der Waals surface area contributed by atoms with Crippen molar-refractivity contribution in [2.24, 2.45) is 0 Å². The number of hydrogen-bond acceptors (Lipinski definition) is 6. The molecule has 0 amide bonds. The van der Waals surface area contributed by atoms with Crippen molar-refractivity contribution in [1.29, 1.82) is 0 Å². The molecule has 0 aromatic heterocycles. The molecule has 0 aromatic rings. The van der Waals surface area contributed by atoms with E-state index in [4.69, 9.17) is 14.2 Å². The molecule has 0 rings (SSSR count). The van der Waals surface area contributed by atoms with Crippen LogP contribution < -0.4 is 0 Å². The zero-order chi connectivity index (χ0) is 48.6. The molecule has 1 atom stereocenters. The predicted molar refractivity (Wildman–Crippen MR) is 288 cm³/mol. The van der Waals surface area contributed by atoms with Gasteiger partial charge in [0.1, 0.15) is 13.2 Å². The van der Waals surface area contributed by atoms with Gasteiger partial charge in [0.2, 0.25) is 0 Å². The Hall–Kier alpha value is -3.41. The van der Waals surface area contributed by atoms with Crippen LogP contribution in [-0.4, -0.2) is 37.2 Å². The molecular formula is C61H104O6. The molecule has 6 nitrogen and oxygen atoms in total. The highest BCUT2D eigenvalue weighted by Gasteiger charge is 2.19. The molecule has 67 heavy (non-hydrogen) atoms. The van der Waals surface area contributed by atoms with Crippen molar-refractivity contribution in [2.75, 3.05) is 13.2 Å². The summed E-state index contributed by atoms with van der Waals surface area (Å²) in [6.07, 6.45) is 71.4. The minimum absolute atomic E-state index is 0.0869. The maximum absolute atomic E-state index is 12.8. The first-order chi connectivity index (χ1) is 33.0. The van der Waals surface area contributed by atoms with Gasteiger partial charge in [-0.1, -0.05) is 221 Å². The van der Waals surface area contributed by atoms with E-state index in [0.717, 1.165) is 116 Å². The third kappa shape index (κ3) is 53.4. The summed E-state index contributed by atoms with van der Waals surface area (Å²) in [6, 6.07) is 0. The Labute approximate surface area is 414 Å². The molecule has 0 radical (unpaired) electrons. The fraction of sp³-hybridized carbons (Fsp3) is 0.721. The lowest BCUT2D eigenvalue weighted by Crippen LogP contribution is -2.30. The molecule has 0 saturated carbocycles. The maximum atomic E-state index is 12.8. The van der Waals surface area contributed by atoms with Gasteiger partial charge in [0.25, 0.3) is 0 Å². The molecule has 0 aliphatic carbocycles. The van der Waals surface area contributed by atoms with Gasteiger partial charge in [0, 0.05) is 19.3 Å². The van der Waals surface area contributed by atoms with E-state index in [1.54, 1.807) is 0 Å². The standard InChI is InChI=1S/C61H104O6/c1-4-7-10-13-16-19-22-25-27-28-29-30-31-32-33-34-35-37-39-42-45-48-51-54-60(63)66-57-58(56-65-59(62)53-50-47-44-41-38-24-21-18-15-12-9-6-3)67-61(64)55-52-49-46-43-40-36-26-23-20-17-14-11-8-5-2/h7,10,14,16-19,21,23,25-27,29-30,58H,4-6,8-9,11-13,15,20,22,24,28,31-57H2,1-3H3/b10-7-,17-14-,19-16-,21-18-,26-23-,27-25-,30-29-.